The Morgan fingerprint density at radius 3 is 2.26 bits per heavy atom. The highest BCUT2D eigenvalue weighted by Crippen LogP contribution is 2.37. The fraction of sp³-hybridized carbons (Fsp3) is 0.281. The second kappa shape index (κ2) is 12.0. The lowest BCUT2D eigenvalue weighted by Gasteiger charge is -2.30. The molecule has 1 amide bonds. The maximum atomic E-state index is 14.3. The van der Waals surface area contributed by atoms with Crippen molar-refractivity contribution in [1.29, 1.82) is 0 Å². The molecule has 6 nitrogen and oxygen atoms in total. The van der Waals surface area contributed by atoms with E-state index in [9.17, 15) is 27.6 Å². The number of hydrogen-bond acceptors (Lipinski definition) is 3. The van der Waals surface area contributed by atoms with Gasteiger partial charge in [-0.05, 0) is 72.0 Å². The van der Waals surface area contributed by atoms with E-state index in [0.717, 1.165) is 17.7 Å². The Morgan fingerprint density at radius 1 is 0.952 bits per heavy atom. The second-order valence-corrected chi connectivity index (χ2v) is 11.6. The standard InChI is InChI=1S/C32H30ClF3N2O4/c1-31(2,3)25(15-19-7-9-20(10-8-19)30(42)37-14-13-28(39)40)29(41)27-17-21-16-23(33)11-12-26(21)38(27)24-6-4-5-22(18-24)32(34,35)36/h4-12,16-18,25H,13-15H2,1-3H3,(H,37,42)(H,39,40). The second-order valence-electron chi connectivity index (χ2n) is 11.2. The van der Waals surface area contributed by atoms with Crippen molar-refractivity contribution < 1.29 is 32.7 Å². The zero-order valence-electron chi connectivity index (χ0n) is 23.3. The average Bonchev–Trinajstić information content (AvgIpc) is 3.29. The van der Waals surface area contributed by atoms with Gasteiger partial charge in [-0.1, -0.05) is 50.6 Å². The fourth-order valence-electron chi connectivity index (χ4n) is 4.85. The number of carboxylic acid groups (broad SMARTS) is 1. The van der Waals surface area contributed by atoms with Gasteiger partial charge in [0.15, 0.2) is 5.78 Å². The minimum absolute atomic E-state index is 0.00160. The van der Waals surface area contributed by atoms with Crippen molar-refractivity contribution in [1.82, 2.24) is 9.88 Å². The maximum Gasteiger partial charge on any atom is 0.416 e. The van der Waals surface area contributed by atoms with Crippen LogP contribution in [-0.2, 0) is 17.4 Å². The summed E-state index contributed by atoms with van der Waals surface area (Å²) in [5.41, 5.74) is 0.773. The Bertz CT molecular complexity index is 1640. The molecule has 0 fully saturated rings. The molecule has 0 spiro atoms. The van der Waals surface area contributed by atoms with Crippen LogP contribution in [0.2, 0.25) is 5.02 Å². The first-order chi connectivity index (χ1) is 19.6. The van der Waals surface area contributed by atoms with Gasteiger partial charge in [0.2, 0.25) is 0 Å². The van der Waals surface area contributed by atoms with Gasteiger partial charge >= 0.3 is 12.1 Å². The Morgan fingerprint density at radius 2 is 1.64 bits per heavy atom. The summed E-state index contributed by atoms with van der Waals surface area (Å²) in [4.78, 5) is 37.3. The quantitative estimate of drug-likeness (QED) is 0.194. The van der Waals surface area contributed by atoms with Gasteiger partial charge in [-0.25, -0.2) is 0 Å². The Hall–Kier alpha value is -4.11. The molecule has 1 aromatic heterocycles. The highest BCUT2D eigenvalue weighted by atomic mass is 35.5. The molecule has 1 unspecified atom stereocenters. The zero-order chi connectivity index (χ0) is 30.8. The third-order valence-electron chi connectivity index (χ3n) is 7.09. The van der Waals surface area contributed by atoms with Gasteiger partial charge < -0.3 is 15.0 Å². The summed E-state index contributed by atoms with van der Waals surface area (Å²) in [6.07, 6.45) is -4.43. The lowest BCUT2D eigenvalue weighted by Crippen LogP contribution is -2.32. The molecule has 4 rings (SSSR count). The van der Waals surface area contributed by atoms with Crippen LogP contribution in [0.25, 0.3) is 16.6 Å². The van der Waals surface area contributed by atoms with Gasteiger partial charge in [0.25, 0.3) is 5.91 Å². The number of carbonyl (C=O) groups excluding carboxylic acids is 2. The van der Waals surface area contributed by atoms with Crippen molar-refractivity contribution in [3.63, 3.8) is 0 Å². The predicted molar refractivity (Wildman–Crippen MR) is 155 cm³/mol. The van der Waals surface area contributed by atoms with Crippen LogP contribution in [0.1, 0.15) is 59.2 Å². The third-order valence-corrected chi connectivity index (χ3v) is 7.33. The van der Waals surface area contributed by atoms with Crippen LogP contribution in [0.4, 0.5) is 13.2 Å². The summed E-state index contributed by atoms with van der Waals surface area (Å²) >= 11 is 6.21. The number of fused-ring (bicyclic) bond motifs is 1. The van der Waals surface area contributed by atoms with Crippen LogP contribution in [0.15, 0.2) is 72.8 Å². The minimum atomic E-state index is -4.56. The smallest absolute Gasteiger partial charge is 0.416 e. The number of carboxylic acids is 1. The fourth-order valence-corrected chi connectivity index (χ4v) is 5.03. The van der Waals surface area contributed by atoms with Crippen molar-refractivity contribution >= 4 is 40.2 Å². The van der Waals surface area contributed by atoms with Crippen LogP contribution in [0.3, 0.4) is 0 Å². The highest BCUT2D eigenvalue weighted by Gasteiger charge is 2.35. The number of aliphatic carboxylic acids is 1. The summed E-state index contributed by atoms with van der Waals surface area (Å²) in [5.74, 6) is -2.24. The average molecular weight is 599 g/mol. The number of ketones is 1. The first-order valence-electron chi connectivity index (χ1n) is 13.3. The number of benzene rings is 3. The van der Waals surface area contributed by atoms with E-state index in [1.807, 2.05) is 20.8 Å². The summed E-state index contributed by atoms with van der Waals surface area (Å²) < 4.78 is 42.3. The Kier molecular flexibility index (Phi) is 8.82. The van der Waals surface area contributed by atoms with Crippen molar-refractivity contribution in [2.75, 3.05) is 6.54 Å². The first kappa shape index (κ1) is 30.8. The van der Waals surface area contributed by atoms with E-state index in [1.54, 1.807) is 53.1 Å². The molecule has 2 N–H and O–H groups in total. The van der Waals surface area contributed by atoms with Crippen molar-refractivity contribution in [3.8, 4) is 5.69 Å². The molecule has 0 aliphatic carbocycles. The lowest BCUT2D eigenvalue weighted by molar-refractivity contribution is -0.138. The van der Waals surface area contributed by atoms with Crippen molar-refractivity contribution in [2.24, 2.45) is 11.3 Å². The SMILES string of the molecule is CC(C)(C)C(Cc1ccc(C(=O)NCCC(=O)O)cc1)C(=O)c1cc2cc(Cl)ccc2n1-c1cccc(C(F)(F)F)c1. The van der Waals surface area contributed by atoms with E-state index in [2.05, 4.69) is 5.32 Å². The van der Waals surface area contributed by atoms with E-state index >= 15 is 0 Å². The van der Waals surface area contributed by atoms with Crippen LogP contribution in [-0.4, -0.2) is 33.9 Å². The molecule has 1 heterocycles. The number of Topliss-reactive ketones (excluding diaryl/α,β-unsaturated/α-hetero) is 1. The van der Waals surface area contributed by atoms with E-state index in [4.69, 9.17) is 16.7 Å². The Labute approximate surface area is 246 Å². The van der Waals surface area contributed by atoms with Gasteiger partial charge in [-0.3, -0.25) is 14.4 Å². The van der Waals surface area contributed by atoms with Crippen LogP contribution in [0, 0.1) is 11.3 Å². The van der Waals surface area contributed by atoms with Crippen molar-refractivity contribution in [3.05, 3.63) is 100 Å². The monoisotopic (exact) mass is 598 g/mol. The highest BCUT2D eigenvalue weighted by molar-refractivity contribution is 6.31. The van der Waals surface area contributed by atoms with Gasteiger partial charge in [-0.2, -0.15) is 13.2 Å². The van der Waals surface area contributed by atoms with Gasteiger partial charge in [0.05, 0.1) is 23.2 Å². The molecule has 0 aliphatic rings. The largest absolute Gasteiger partial charge is 0.481 e. The van der Waals surface area contributed by atoms with E-state index in [1.165, 1.54) is 12.1 Å². The topological polar surface area (TPSA) is 88.4 Å². The number of alkyl halides is 3. The number of nitrogens with one attached hydrogen (secondary N) is 1. The predicted octanol–water partition coefficient (Wildman–Crippen LogP) is 7.59. The van der Waals surface area contributed by atoms with Crippen LogP contribution < -0.4 is 5.32 Å². The first-order valence-corrected chi connectivity index (χ1v) is 13.6. The molecule has 10 heteroatoms. The molecular weight excluding hydrogens is 569 g/mol. The third kappa shape index (κ3) is 7.02. The van der Waals surface area contributed by atoms with E-state index < -0.39 is 34.9 Å². The maximum absolute atomic E-state index is 14.3. The van der Waals surface area contributed by atoms with E-state index in [0.29, 0.717) is 27.9 Å². The zero-order valence-corrected chi connectivity index (χ0v) is 24.0. The molecular formula is C32H30ClF3N2O4. The van der Waals surface area contributed by atoms with Gasteiger partial charge in [0.1, 0.15) is 0 Å². The molecule has 1 atom stereocenters. The van der Waals surface area contributed by atoms with Crippen LogP contribution in [0.5, 0.6) is 0 Å². The minimum Gasteiger partial charge on any atom is -0.481 e. The molecule has 4 aromatic rings. The molecule has 0 bridgehead atoms. The molecule has 0 saturated heterocycles. The number of carbonyl (C=O) groups is 3. The number of hydrogen-bond donors (Lipinski definition) is 2. The summed E-state index contributed by atoms with van der Waals surface area (Å²) in [6.45, 7) is 5.78. The Balaban J connectivity index is 1.71. The number of nitrogens with zero attached hydrogens (tertiary/aromatic N) is 1. The molecule has 42 heavy (non-hydrogen) atoms. The number of halogens is 4. The summed E-state index contributed by atoms with van der Waals surface area (Å²) in [5, 5.41) is 12.4. The molecule has 0 radical (unpaired) electrons. The molecule has 3 aromatic carbocycles. The van der Waals surface area contributed by atoms with E-state index in [-0.39, 0.29) is 30.1 Å². The normalized spacial score (nSPS) is 12.7. The number of amides is 1. The number of aromatic nitrogens is 1. The summed E-state index contributed by atoms with van der Waals surface area (Å²) in [6, 6.07) is 18.2. The van der Waals surface area contributed by atoms with Gasteiger partial charge in [-0.15, -0.1) is 0 Å². The lowest BCUT2D eigenvalue weighted by atomic mass is 9.74. The molecule has 0 aliphatic heterocycles. The van der Waals surface area contributed by atoms with Crippen LogP contribution >= 0.6 is 11.6 Å². The van der Waals surface area contributed by atoms with Crippen molar-refractivity contribution in [2.45, 2.75) is 39.8 Å². The summed E-state index contributed by atoms with van der Waals surface area (Å²) in [7, 11) is 0. The molecule has 0 saturated carbocycles. The molecule has 220 valence electrons. The number of rotatable bonds is 9. The van der Waals surface area contributed by atoms with Gasteiger partial charge in [0, 0.05) is 34.1 Å².